The average Bonchev–Trinajstić information content (AvgIpc) is 3.05. The van der Waals surface area contributed by atoms with Gasteiger partial charge in [-0.05, 0) is 54.4 Å². The molecule has 8 heteroatoms. The smallest absolute Gasteiger partial charge is 0.300 e. The Bertz CT molecular complexity index is 1270. The Morgan fingerprint density at radius 3 is 2.22 bits per heavy atom. The molecule has 1 N–H and O–H groups in total. The number of carbonyl (C=O) groups is 2. The zero-order valence-electron chi connectivity index (χ0n) is 16.9. The van der Waals surface area contributed by atoms with E-state index in [1.165, 1.54) is 53.4 Å². The molecule has 1 aliphatic rings. The number of nitrogens with zero attached hydrogens (tertiary/aromatic N) is 2. The summed E-state index contributed by atoms with van der Waals surface area (Å²) in [4.78, 5) is 37.6. The monoisotopic (exact) mass is 432 g/mol. The molecular formula is C24H17FN2O5. The fourth-order valence-electron chi connectivity index (χ4n) is 3.78. The average molecular weight is 432 g/mol. The first-order chi connectivity index (χ1) is 15.3. The standard InChI is InChI=1S/C24H17FN2O5/c1-14-4-2-3-5-19(14)21-20(22(28)15-6-10-18(11-7-15)27(31)32)23(29)24(30)26(21)17-12-8-16(25)9-13-17/h2-13,21,28H,1H3/b22-20+. The van der Waals surface area contributed by atoms with E-state index in [0.29, 0.717) is 11.3 Å². The molecule has 1 saturated heterocycles. The van der Waals surface area contributed by atoms with Crippen molar-refractivity contribution < 1.29 is 24.0 Å². The van der Waals surface area contributed by atoms with E-state index in [1.54, 1.807) is 18.2 Å². The topological polar surface area (TPSA) is 101 Å². The lowest BCUT2D eigenvalue weighted by molar-refractivity contribution is -0.384. The van der Waals surface area contributed by atoms with Gasteiger partial charge in [0.1, 0.15) is 11.6 Å². The van der Waals surface area contributed by atoms with Crippen LogP contribution < -0.4 is 4.90 Å². The van der Waals surface area contributed by atoms with E-state index in [2.05, 4.69) is 0 Å². The van der Waals surface area contributed by atoms with Crippen LogP contribution in [0.1, 0.15) is 22.7 Å². The highest BCUT2D eigenvalue weighted by molar-refractivity contribution is 6.51. The Labute approximate surface area is 182 Å². The number of nitro benzene ring substituents is 1. The summed E-state index contributed by atoms with van der Waals surface area (Å²) in [5.41, 5.74) is 1.52. The minimum absolute atomic E-state index is 0.150. The molecule has 0 saturated carbocycles. The number of aryl methyl sites for hydroxylation is 1. The van der Waals surface area contributed by atoms with Gasteiger partial charge in [-0.3, -0.25) is 24.6 Å². The Morgan fingerprint density at radius 2 is 1.62 bits per heavy atom. The number of halogens is 1. The molecule has 3 aromatic carbocycles. The van der Waals surface area contributed by atoms with Crippen LogP contribution in [0.4, 0.5) is 15.8 Å². The number of nitro groups is 1. The van der Waals surface area contributed by atoms with Crippen LogP contribution in [0.2, 0.25) is 0 Å². The summed E-state index contributed by atoms with van der Waals surface area (Å²) in [6, 6.07) is 16.3. The molecule has 1 fully saturated rings. The van der Waals surface area contributed by atoms with E-state index in [1.807, 2.05) is 13.0 Å². The van der Waals surface area contributed by atoms with Crippen LogP contribution >= 0.6 is 0 Å². The van der Waals surface area contributed by atoms with Crippen molar-refractivity contribution in [1.29, 1.82) is 0 Å². The molecular weight excluding hydrogens is 415 g/mol. The molecule has 0 aliphatic carbocycles. The number of non-ortho nitro benzene ring substituents is 1. The predicted octanol–water partition coefficient (Wildman–Crippen LogP) is 4.67. The van der Waals surface area contributed by atoms with Gasteiger partial charge in [0, 0.05) is 23.4 Å². The molecule has 1 unspecified atom stereocenters. The molecule has 32 heavy (non-hydrogen) atoms. The van der Waals surface area contributed by atoms with Crippen molar-refractivity contribution in [2.45, 2.75) is 13.0 Å². The summed E-state index contributed by atoms with van der Waals surface area (Å²) in [7, 11) is 0. The van der Waals surface area contributed by atoms with Crippen molar-refractivity contribution in [2.24, 2.45) is 0 Å². The lowest BCUT2D eigenvalue weighted by Crippen LogP contribution is -2.29. The molecule has 160 valence electrons. The molecule has 1 amide bonds. The summed E-state index contributed by atoms with van der Waals surface area (Å²) < 4.78 is 13.5. The molecule has 0 radical (unpaired) electrons. The van der Waals surface area contributed by atoms with Gasteiger partial charge in [-0.25, -0.2) is 4.39 Å². The van der Waals surface area contributed by atoms with E-state index in [0.717, 1.165) is 5.56 Å². The number of hydrogen-bond acceptors (Lipinski definition) is 5. The van der Waals surface area contributed by atoms with Gasteiger partial charge in [0.05, 0.1) is 16.5 Å². The van der Waals surface area contributed by atoms with Gasteiger partial charge in [-0.15, -0.1) is 0 Å². The third-order valence-electron chi connectivity index (χ3n) is 5.38. The largest absolute Gasteiger partial charge is 0.507 e. The van der Waals surface area contributed by atoms with Crippen molar-refractivity contribution in [2.75, 3.05) is 4.90 Å². The number of ketones is 1. The summed E-state index contributed by atoms with van der Waals surface area (Å²) in [5.74, 6) is -2.72. The maximum Gasteiger partial charge on any atom is 0.300 e. The number of benzene rings is 3. The highest BCUT2D eigenvalue weighted by Gasteiger charge is 2.47. The third-order valence-corrected chi connectivity index (χ3v) is 5.38. The molecule has 0 aromatic heterocycles. The van der Waals surface area contributed by atoms with Gasteiger partial charge in [0.25, 0.3) is 17.4 Å². The first kappa shape index (κ1) is 20.9. The van der Waals surface area contributed by atoms with E-state index < -0.39 is 34.2 Å². The van der Waals surface area contributed by atoms with Crippen LogP contribution in [0.25, 0.3) is 5.76 Å². The Kier molecular flexibility index (Phi) is 5.28. The summed E-state index contributed by atoms with van der Waals surface area (Å²) in [6.07, 6.45) is 0. The number of rotatable bonds is 4. The highest BCUT2D eigenvalue weighted by Crippen LogP contribution is 2.43. The van der Waals surface area contributed by atoms with Gasteiger partial charge in [-0.2, -0.15) is 0 Å². The second-order valence-electron chi connectivity index (χ2n) is 7.31. The first-order valence-corrected chi connectivity index (χ1v) is 9.66. The lowest BCUT2D eigenvalue weighted by Gasteiger charge is -2.26. The van der Waals surface area contributed by atoms with Crippen molar-refractivity contribution in [3.05, 3.63) is 111 Å². The number of hydrogen-bond donors (Lipinski definition) is 1. The van der Waals surface area contributed by atoms with Crippen LogP contribution in [0.3, 0.4) is 0 Å². The van der Waals surface area contributed by atoms with Crippen LogP contribution in [-0.2, 0) is 9.59 Å². The SMILES string of the molecule is Cc1ccccc1C1/C(=C(\O)c2ccc([N+](=O)[O-])cc2)C(=O)C(=O)N1c1ccc(F)cc1. The van der Waals surface area contributed by atoms with Crippen LogP contribution in [0, 0.1) is 22.9 Å². The summed E-state index contributed by atoms with van der Waals surface area (Å²) >= 11 is 0. The van der Waals surface area contributed by atoms with E-state index >= 15 is 0 Å². The second kappa shape index (κ2) is 8.07. The quantitative estimate of drug-likeness (QED) is 0.212. The van der Waals surface area contributed by atoms with Gasteiger partial charge < -0.3 is 5.11 Å². The molecule has 1 heterocycles. The van der Waals surface area contributed by atoms with Crippen molar-refractivity contribution in [1.82, 2.24) is 0 Å². The number of aliphatic hydroxyl groups excluding tert-OH is 1. The molecule has 1 aliphatic heterocycles. The van der Waals surface area contributed by atoms with Crippen molar-refractivity contribution >= 4 is 28.8 Å². The normalized spacial score (nSPS) is 17.6. The van der Waals surface area contributed by atoms with Gasteiger partial charge >= 0.3 is 0 Å². The molecule has 3 aromatic rings. The zero-order chi connectivity index (χ0) is 23.0. The molecule has 0 bridgehead atoms. The number of carbonyl (C=O) groups excluding carboxylic acids is 2. The summed E-state index contributed by atoms with van der Waals surface area (Å²) in [5, 5.41) is 22.0. The number of aliphatic hydroxyl groups is 1. The number of anilines is 1. The second-order valence-corrected chi connectivity index (χ2v) is 7.31. The Morgan fingerprint density at radius 1 is 1.00 bits per heavy atom. The van der Waals surface area contributed by atoms with Gasteiger partial charge in [0.2, 0.25) is 0 Å². The fraction of sp³-hybridized carbons (Fsp3) is 0.0833. The Hall–Kier alpha value is -4.33. The molecule has 0 spiro atoms. The van der Waals surface area contributed by atoms with Gasteiger partial charge in [-0.1, -0.05) is 24.3 Å². The van der Waals surface area contributed by atoms with Crippen molar-refractivity contribution in [3.63, 3.8) is 0 Å². The fourth-order valence-corrected chi connectivity index (χ4v) is 3.78. The Balaban J connectivity index is 1.93. The predicted molar refractivity (Wildman–Crippen MR) is 115 cm³/mol. The number of Topliss-reactive ketones (excluding diaryl/α,β-unsaturated/α-hetero) is 1. The maximum atomic E-state index is 13.5. The van der Waals surface area contributed by atoms with Crippen LogP contribution in [-0.4, -0.2) is 21.7 Å². The maximum absolute atomic E-state index is 13.5. The molecule has 7 nitrogen and oxygen atoms in total. The third kappa shape index (κ3) is 3.51. The van der Waals surface area contributed by atoms with Crippen LogP contribution in [0.15, 0.2) is 78.4 Å². The minimum Gasteiger partial charge on any atom is -0.507 e. The minimum atomic E-state index is -0.961. The van der Waals surface area contributed by atoms with E-state index in [4.69, 9.17) is 0 Å². The molecule has 4 rings (SSSR count). The van der Waals surface area contributed by atoms with Crippen molar-refractivity contribution in [3.8, 4) is 0 Å². The lowest BCUT2D eigenvalue weighted by atomic mass is 9.92. The van der Waals surface area contributed by atoms with E-state index in [-0.39, 0.29) is 16.8 Å². The highest BCUT2D eigenvalue weighted by atomic mass is 19.1. The van der Waals surface area contributed by atoms with E-state index in [9.17, 15) is 29.2 Å². The van der Waals surface area contributed by atoms with Gasteiger partial charge in [0.15, 0.2) is 0 Å². The zero-order valence-corrected chi connectivity index (χ0v) is 16.9. The summed E-state index contributed by atoms with van der Waals surface area (Å²) in [6.45, 7) is 1.81. The van der Waals surface area contributed by atoms with Crippen LogP contribution in [0.5, 0.6) is 0 Å². The number of amides is 1. The first-order valence-electron chi connectivity index (χ1n) is 9.66. The molecule has 1 atom stereocenters.